The van der Waals surface area contributed by atoms with Gasteiger partial charge in [0.15, 0.2) is 0 Å². The van der Waals surface area contributed by atoms with E-state index in [4.69, 9.17) is 0 Å². The molecule has 0 aromatic heterocycles. The van der Waals surface area contributed by atoms with Gasteiger partial charge in [-0.25, -0.2) is 0 Å². The molecule has 0 atom stereocenters. The molecular formula is C18H32. The van der Waals surface area contributed by atoms with Crippen molar-refractivity contribution in [2.45, 2.75) is 90.9 Å². The molecule has 0 heteroatoms. The summed E-state index contributed by atoms with van der Waals surface area (Å²) in [6, 6.07) is 0. The van der Waals surface area contributed by atoms with Crippen LogP contribution in [0, 0.1) is 22.7 Å². The van der Waals surface area contributed by atoms with Crippen molar-refractivity contribution in [2.24, 2.45) is 22.7 Å². The number of hydrogen-bond donors (Lipinski definition) is 0. The van der Waals surface area contributed by atoms with Gasteiger partial charge in [-0.3, -0.25) is 0 Å². The van der Waals surface area contributed by atoms with Gasteiger partial charge in [-0.1, -0.05) is 39.5 Å². The second kappa shape index (κ2) is 4.84. The summed E-state index contributed by atoms with van der Waals surface area (Å²) in [5.41, 5.74) is 1.63. The Morgan fingerprint density at radius 2 is 1.22 bits per heavy atom. The summed E-state index contributed by atoms with van der Waals surface area (Å²) in [4.78, 5) is 0. The molecule has 4 bridgehead atoms. The van der Waals surface area contributed by atoms with E-state index in [2.05, 4.69) is 13.8 Å². The first-order chi connectivity index (χ1) is 8.69. The van der Waals surface area contributed by atoms with Crippen LogP contribution in [-0.4, -0.2) is 0 Å². The molecule has 4 saturated carbocycles. The van der Waals surface area contributed by atoms with Crippen LogP contribution >= 0.6 is 0 Å². The van der Waals surface area contributed by atoms with Crippen molar-refractivity contribution in [3.63, 3.8) is 0 Å². The maximum Gasteiger partial charge on any atom is -0.0287 e. The first kappa shape index (κ1) is 13.0. The molecule has 104 valence electrons. The summed E-state index contributed by atoms with van der Waals surface area (Å²) in [6.07, 6.45) is 18.6. The number of hydrogen-bond acceptors (Lipinski definition) is 0. The van der Waals surface area contributed by atoms with Crippen LogP contribution in [0.5, 0.6) is 0 Å². The molecule has 0 spiro atoms. The normalized spacial score (nSPS) is 45.7. The van der Waals surface area contributed by atoms with Crippen LogP contribution in [0.1, 0.15) is 90.9 Å². The fourth-order valence-corrected chi connectivity index (χ4v) is 6.34. The molecule has 0 amide bonds. The van der Waals surface area contributed by atoms with Crippen LogP contribution in [0.15, 0.2) is 0 Å². The zero-order valence-electron chi connectivity index (χ0n) is 12.6. The third kappa shape index (κ3) is 2.25. The molecule has 0 nitrogen and oxygen atoms in total. The van der Waals surface area contributed by atoms with Gasteiger partial charge in [0.2, 0.25) is 0 Å². The Labute approximate surface area is 114 Å². The zero-order chi connectivity index (χ0) is 12.6. The van der Waals surface area contributed by atoms with Gasteiger partial charge < -0.3 is 0 Å². The van der Waals surface area contributed by atoms with Gasteiger partial charge >= 0.3 is 0 Å². The monoisotopic (exact) mass is 248 g/mol. The Balaban J connectivity index is 1.75. The van der Waals surface area contributed by atoms with Crippen LogP contribution in [0.25, 0.3) is 0 Å². The van der Waals surface area contributed by atoms with Crippen LogP contribution in [-0.2, 0) is 0 Å². The minimum atomic E-state index is 0.813. The van der Waals surface area contributed by atoms with Crippen LogP contribution in [0.4, 0.5) is 0 Å². The maximum absolute atomic E-state index is 2.37. The van der Waals surface area contributed by atoms with Crippen molar-refractivity contribution in [3.05, 3.63) is 0 Å². The molecule has 4 rings (SSSR count). The van der Waals surface area contributed by atoms with E-state index in [-0.39, 0.29) is 0 Å². The molecule has 0 aromatic rings. The van der Waals surface area contributed by atoms with Gasteiger partial charge in [0, 0.05) is 0 Å². The SMILES string of the molecule is CCCCC12CC3CC(C1)CC(CCCC)(C3)C2. The van der Waals surface area contributed by atoms with Crippen LogP contribution in [0.3, 0.4) is 0 Å². The molecule has 0 aromatic carbocycles. The molecule has 0 N–H and O–H groups in total. The van der Waals surface area contributed by atoms with Gasteiger partial charge in [-0.15, -0.1) is 0 Å². The average Bonchev–Trinajstić information content (AvgIpc) is 2.32. The highest BCUT2D eigenvalue weighted by Gasteiger charge is 2.56. The Morgan fingerprint density at radius 3 is 1.61 bits per heavy atom. The van der Waals surface area contributed by atoms with Gasteiger partial charge in [0.25, 0.3) is 0 Å². The largest absolute Gasteiger partial charge is 0.0654 e. The summed E-state index contributed by atoms with van der Waals surface area (Å²) in [7, 11) is 0. The third-order valence-corrected chi connectivity index (χ3v) is 6.42. The molecule has 18 heavy (non-hydrogen) atoms. The topological polar surface area (TPSA) is 0 Å². The van der Waals surface area contributed by atoms with Crippen LogP contribution in [0.2, 0.25) is 0 Å². The highest BCUT2D eigenvalue weighted by atomic mass is 14.6. The standard InChI is InChI=1S/C18H32/c1-3-5-7-17-10-15-9-16(11-17)13-18(12-15,14-17)8-6-4-2/h15-16H,3-14H2,1-2H3. The Kier molecular flexibility index (Phi) is 3.49. The fourth-order valence-electron chi connectivity index (χ4n) is 6.34. The van der Waals surface area contributed by atoms with Gasteiger partial charge in [-0.05, 0) is 74.0 Å². The summed E-state index contributed by atoms with van der Waals surface area (Å²) >= 11 is 0. The van der Waals surface area contributed by atoms with E-state index >= 15 is 0 Å². The Morgan fingerprint density at radius 1 is 0.778 bits per heavy atom. The predicted molar refractivity (Wildman–Crippen MR) is 78.6 cm³/mol. The third-order valence-electron chi connectivity index (χ3n) is 6.42. The van der Waals surface area contributed by atoms with Gasteiger partial charge in [-0.2, -0.15) is 0 Å². The van der Waals surface area contributed by atoms with E-state index in [0.717, 1.165) is 22.7 Å². The molecule has 0 radical (unpaired) electrons. The minimum absolute atomic E-state index is 0.813. The summed E-state index contributed by atoms with van der Waals surface area (Å²) in [5.74, 6) is 2.25. The van der Waals surface area contributed by atoms with Gasteiger partial charge in [0.05, 0.1) is 0 Å². The molecule has 0 aliphatic heterocycles. The van der Waals surface area contributed by atoms with Crippen molar-refractivity contribution in [1.29, 1.82) is 0 Å². The zero-order valence-corrected chi connectivity index (χ0v) is 12.6. The quantitative estimate of drug-likeness (QED) is 0.544. The first-order valence-electron chi connectivity index (χ1n) is 8.69. The van der Waals surface area contributed by atoms with Crippen molar-refractivity contribution < 1.29 is 0 Å². The Hall–Kier alpha value is 0. The van der Waals surface area contributed by atoms with E-state index < -0.39 is 0 Å². The van der Waals surface area contributed by atoms with Crippen molar-refractivity contribution >= 4 is 0 Å². The fraction of sp³-hybridized carbons (Fsp3) is 1.00. The molecule has 4 fully saturated rings. The van der Waals surface area contributed by atoms with Crippen LogP contribution < -0.4 is 0 Å². The smallest absolute Gasteiger partial charge is 0.0287 e. The van der Waals surface area contributed by atoms with Crippen molar-refractivity contribution in [2.75, 3.05) is 0 Å². The average molecular weight is 248 g/mol. The molecule has 0 heterocycles. The molecule has 0 unspecified atom stereocenters. The van der Waals surface area contributed by atoms with Crippen molar-refractivity contribution in [1.82, 2.24) is 0 Å². The minimum Gasteiger partial charge on any atom is -0.0654 e. The predicted octanol–water partition coefficient (Wildman–Crippen LogP) is 5.95. The first-order valence-corrected chi connectivity index (χ1v) is 8.69. The Bertz CT molecular complexity index is 250. The van der Waals surface area contributed by atoms with Crippen molar-refractivity contribution in [3.8, 4) is 0 Å². The lowest BCUT2D eigenvalue weighted by atomic mass is 9.42. The molecule has 0 saturated heterocycles. The molecular weight excluding hydrogens is 216 g/mol. The van der Waals surface area contributed by atoms with E-state index in [9.17, 15) is 0 Å². The lowest BCUT2D eigenvalue weighted by Crippen LogP contribution is -2.51. The van der Waals surface area contributed by atoms with E-state index in [1.807, 2.05) is 0 Å². The highest BCUT2D eigenvalue weighted by Crippen LogP contribution is 2.67. The number of rotatable bonds is 6. The lowest BCUT2D eigenvalue weighted by molar-refractivity contribution is -0.118. The van der Waals surface area contributed by atoms with E-state index in [1.165, 1.54) is 25.7 Å². The van der Waals surface area contributed by atoms with E-state index in [0.29, 0.717) is 0 Å². The highest BCUT2D eigenvalue weighted by molar-refractivity contribution is 5.07. The maximum atomic E-state index is 2.37. The molecule has 4 aliphatic carbocycles. The second-order valence-corrected chi connectivity index (χ2v) is 8.17. The van der Waals surface area contributed by atoms with Gasteiger partial charge in [0.1, 0.15) is 0 Å². The lowest BCUT2D eigenvalue weighted by Gasteiger charge is -2.63. The second-order valence-electron chi connectivity index (χ2n) is 8.17. The summed E-state index contributed by atoms with van der Waals surface area (Å²) in [5, 5.41) is 0. The van der Waals surface area contributed by atoms with E-state index in [1.54, 1.807) is 51.4 Å². The summed E-state index contributed by atoms with van der Waals surface area (Å²) in [6.45, 7) is 4.74. The number of unbranched alkanes of at least 4 members (excludes halogenated alkanes) is 2. The summed E-state index contributed by atoms with van der Waals surface area (Å²) < 4.78 is 0. The molecule has 4 aliphatic rings.